The number of anilines is 1. The maximum Gasteiger partial charge on any atom is 0.410 e. The van der Waals surface area contributed by atoms with Crippen molar-refractivity contribution in [2.75, 3.05) is 18.0 Å². The van der Waals surface area contributed by atoms with E-state index in [-0.39, 0.29) is 23.9 Å². The molecule has 1 fully saturated rings. The number of amides is 1. The van der Waals surface area contributed by atoms with Gasteiger partial charge in [-0.15, -0.1) is 0 Å². The Morgan fingerprint density at radius 3 is 2.67 bits per heavy atom. The van der Waals surface area contributed by atoms with Gasteiger partial charge in [-0.3, -0.25) is 4.57 Å². The molecule has 1 aliphatic rings. The van der Waals surface area contributed by atoms with E-state index < -0.39 is 5.60 Å². The van der Waals surface area contributed by atoms with Crippen LogP contribution in [0.5, 0.6) is 5.75 Å². The third kappa shape index (κ3) is 4.26. The summed E-state index contributed by atoms with van der Waals surface area (Å²) in [5.74, 6) is 1.07. The van der Waals surface area contributed by atoms with E-state index in [0.717, 1.165) is 0 Å². The summed E-state index contributed by atoms with van der Waals surface area (Å²) in [5, 5.41) is 20.5. The van der Waals surface area contributed by atoms with Gasteiger partial charge >= 0.3 is 6.09 Å². The standard InChI is InChI=1S/C23H27N7O3/c1-14-11-29(22(32)33-23(3,4)5)15(2)10-28(14)20-19-17(31)12-30(21(19)27-13-26-20)18-8-16(9-24)6-7-25-18/h6-8,12-15,31H,10-11H2,1-5H3. The molecule has 4 heterocycles. The predicted molar refractivity (Wildman–Crippen MR) is 122 cm³/mol. The van der Waals surface area contributed by atoms with Crippen LogP contribution in [0.4, 0.5) is 10.6 Å². The second kappa shape index (κ2) is 8.24. The number of carbonyl (C=O) groups excluding carboxylic acids is 1. The lowest BCUT2D eigenvalue weighted by Crippen LogP contribution is -2.59. The van der Waals surface area contributed by atoms with Crippen LogP contribution in [0, 0.1) is 11.3 Å². The zero-order valence-electron chi connectivity index (χ0n) is 19.3. The van der Waals surface area contributed by atoms with E-state index in [1.54, 1.807) is 27.8 Å². The first-order chi connectivity index (χ1) is 15.6. The fourth-order valence-corrected chi connectivity index (χ4v) is 4.04. The Labute approximate surface area is 192 Å². The minimum Gasteiger partial charge on any atom is -0.505 e. The number of aromatic hydroxyl groups is 1. The van der Waals surface area contributed by atoms with Crippen LogP contribution in [-0.4, -0.2) is 66.4 Å². The number of piperazine rings is 1. The fourth-order valence-electron chi connectivity index (χ4n) is 4.04. The van der Waals surface area contributed by atoms with Crippen LogP contribution in [0.2, 0.25) is 0 Å². The van der Waals surface area contributed by atoms with E-state index in [0.29, 0.717) is 41.3 Å². The van der Waals surface area contributed by atoms with Crippen LogP contribution >= 0.6 is 0 Å². The number of nitrogens with zero attached hydrogens (tertiary/aromatic N) is 7. The van der Waals surface area contributed by atoms with Crippen molar-refractivity contribution in [3.63, 3.8) is 0 Å². The van der Waals surface area contributed by atoms with Crippen molar-refractivity contribution >= 4 is 22.9 Å². The van der Waals surface area contributed by atoms with Gasteiger partial charge in [0.2, 0.25) is 0 Å². The first-order valence-corrected chi connectivity index (χ1v) is 10.8. The average molecular weight is 450 g/mol. The molecule has 1 aliphatic heterocycles. The molecule has 0 spiro atoms. The van der Waals surface area contributed by atoms with E-state index >= 15 is 0 Å². The van der Waals surface area contributed by atoms with Gasteiger partial charge in [0.15, 0.2) is 5.65 Å². The third-order valence-electron chi connectivity index (χ3n) is 5.55. The van der Waals surface area contributed by atoms with Crippen molar-refractivity contribution in [2.45, 2.75) is 52.3 Å². The highest BCUT2D eigenvalue weighted by molar-refractivity contribution is 5.94. The summed E-state index contributed by atoms with van der Waals surface area (Å²) in [5.41, 5.74) is 0.368. The van der Waals surface area contributed by atoms with E-state index in [1.807, 2.05) is 34.6 Å². The highest BCUT2D eigenvalue weighted by Crippen LogP contribution is 2.36. The monoisotopic (exact) mass is 449 g/mol. The quantitative estimate of drug-likeness (QED) is 0.633. The minimum atomic E-state index is -0.568. The van der Waals surface area contributed by atoms with Crippen molar-refractivity contribution in [2.24, 2.45) is 0 Å². The minimum absolute atomic E-state index is 0.0131. The van der Waals surface area contributed by atoms with Gasteiger partial charge in [0, 0.05) is 31.4 Å². The van der Waals surface area contributed by atoms with E-state index in [9.17, 15) is 15.2 Å². The normalized spacial score (nSPS) is 18.9. The number of pyridine rings is 1. The molecule has 172 valence electrons. The molecule has 3 aromatic heterocycles. The number of carbonyl (C=O) groups is 1. The molecular weight excluding hydrogens is 422 g/mol. The number of nitriles is 1. The van der Waals surface area contributed by atoms with Crippen molar-refractivity contribution < 1.29 is 14.6 Å². The smallest absolute Gasteiger partial charge is 0.410 e. The number of hydrogen-bond acceptors (Lipinski definition) is 8. The molecule has 1 amide bonds. The van der Waals surface area contributed by atoms with Gasteiger partial charge in [-0.25, -0.2) is 19.7 Å². The molecule has 10 heteroatoms. The van der Waals surface area contributed by atoms with Gasteiger partial charge in [0.25, 0.3) is 0 Å². The fraction of sp³-hybridized carbons (Fsp3) is 0.435. The Morgan fingerprint density at radius 1 is 1.21 bits per heavy atom. The summed E-state index contributed by atoms with van der Waals surface area (Å²) >= 11 is 0. The summed E-state index contributed by atoms with van der Waals surface area (Å²) in [6.45, 7) is 10.5. The number of aromatic nitrogens is 4. The molecule has 1 N–H and O–H groups in total. The Bertz CT molecular complexity index is 1240. The van der Waals surface area contributed by atoms with Crippen LogP contribution < -0.4 is 4.90 Å². The second-order valence-electron chi connectivity index (χ2n) is 9.28. The SMILES string of the molecule is CC1CN(c2ncnc3c2c(O)cn3-c2cc(C#N)ccn2)C(C)CN1C(=O)OC(C)(C)C. The molecule has 10 nitrogen and oxygen atoms in total. The van der Waals surface area contributed by atoms with Gasteiger partial charge in [0.1, 0.15) is 34.7 Å². The lowest BCUT2D eigenvalue weighted by atomic mass is 10.1. The molecule has 0 aromatic carbocycles. The predicted octanol–water partition coefficient (Wildman–Crippen LogP) is 3.23. The molecule has 1 saturated heterocycles. The van der Waals surface area contributed by atoms with E-state index in [4.69, 9.17) is 4.74 Å². The topological polar surface area (TPSA) is 120 Å². The van der Waals surface area contributed by atoms with E-state index in [2.05, 4.69) is 25.9 Å². The van der Waals surface area contributed by atoms with Crippen LogP contribution in [0.1, 0.15) is 40.2 Å². The Hall–Kier alpha value is -3.87. The first-order valence-electron chi connectivity index (χ1n) is 10.8. The number of hydrogen-bond donors (Lipinski definition) is 1. The van der Waals surface area contributed by atoms with Crippen molar-refractivity contribution in [1.29, 1.82) is 5.26 Å². The largest absolute Gasteiger partial charge is 0.505 e. The van der Waals surface area contributed by atoms with Crippen LogP contribution in [0.25, 0.3) is 16.9 Å². The van der Waals surface area contributed by atoms with Gasteiger partial charge in [-0.2, -0.15) is 5.26 Å². The molecule has 3 aromatic rings. The van der Waals surface area contributed by atoms with Crippen LogP contribution in [0.3, 0.4) is 0 Å². The average Bonchev–Trinajstić information content (AvgIpc) is 3.11. The number of rotatable bonds is 2. The lowest BCUT2D eigenvalue weighted by Gasteiger charge is -2.44. The van der Waals surface area contributed by atoms with Crippen molar-refractivity contribution in [3.8, 4) is 17.6 Å². The van der Waals surface area contributed by atoms with Gasteiger partial charge in [-0.1, -0.05) is 0 Å². The van der Waals surface area contributed by atoms with Gasteiger partial charge < -0.3 is 19.6 Å². The highest BCUT2D eigenvalue weighted by Gasteiger charge is 2.36. The molecular formula is C23H27N7O3. The van der Waals surface area contributed by atoms with Crippen LogP contribution in [0.15, 0.2) is 30.9 Å². The summed E-state index contributed by atoms with van der Waals surface area (Å²) in [6, 6.07) is 5.14. The lowest BCUT2D eigenvalue weighted by molar-refractivity contribution is 0.0130. The molecule has 33 heavy (non-hydrogen) atoms. The van der Waals surface area contributed by atoms with E-state index in [1.165, 1.54) is 12.5 Å². The number of fused-ring (bicyclic) bond motifs is 1. The highest BCUT2D eigenvalue weighted by atomic mass is 16.6. The molecule has 0 aliphatic carbocycles. The molecule has 0 bridgehead atoms. The van der Waals surface area contributed by atoms with Crippen LogP contribution in [-0.2, 0) is 4.74 Å². The molecule has 0 saturated carbocycles. The summed E-state index contributed by atoms with van der Waals surface area (Å²) < 4.78 is 7.21. The van der Waals surface area contributed by atoms with Gasteiger partial charge in [-0.05, 0) is 46.8 Å². The Balaban J connectivity index is 1.69. The molecule has 4 rings (SSSR count). The zero-order chi connectivity index (χ0) is 23.9. The summed E-state index contributed by atoms with van der Waals surface area (Å²) in [6.07, 6.45) is 4.17. The molecule has 0 radical (unpaired) electrons. The molecule has 2 atom stereocenters. The Kier molecular flexibility index (Phi) is 5.57. The maximum absolute atomic E-state index is 12.7. The summed E-state index contributed by atoms with van der Waals surface area (Å²) in [4.78, 5) is 29.6. The zero-order valence-corrected chi connectivity index (χ0v) is 19.3. The number of ether oxygens (including phenoxy) is 1. The van der Waals surface area contributed by atoms with Crippen molar-refractivity contribution in [1.82, 2.24) is 24.4 Å². The summed E-state index contributed by atoms with van der Waals surface area (Å²) in [7, 11) is 0. The van der Waals surface area contributed by atoms with Crippen molar-refractivity contribution in [3.05, 3.63) is 36.4 Å². The van der Waals surface area contributed by atoms with Gasteiger partial charge in [0.05, 0.1) is 17.8 Å². The Morgan fingerprint density at radius 2 is 1.97 bits per heavy atom. The molecule has 2 unspecified atom stereocenters. The third-order valence-corrected chi connectivity index (χ3v) is 5.55. The maximum atomic E-state index is 12.7. The second-order valence-corrected chi connectivity index (χ2v) is 9.28. The first kappa shape index (κ1) is 22.3.